The van der Waals surface area contributed by atoms with Crippen LogP contribution >= 0.6 is 0 Å². The van der Waals surface area contributed by atoms with Gasteiger partial charge in [0, 0.05) is 24.5 Å². The lowest BCUT2D eigenvalue weighted by molar-refractivity contribution is 0.739. The van der Waals surface area contributed by atoms with Crippen molar-refractivity contribution >= 4 is 16.6 Å². The first kappa shape index (κ1) is 20.2. The summed E-state index contributed by atoms with van der Waals surface area (Å²) in [6.07, 6.45) is 1.95. The number of anilines is 1. The Labute approximate surface area is 135 Å². The summed E-state index contributed by atoms with van der Waals surface area (Å²) in [5.41, 5.74) is 3.05. The van der Waals surface area contributed by atoms with Crippen LogP contribution < -0.4 is 10.5 Å². The lowest BCUT2D eigenvalue weighted by Crippen LogP contribution is -2.29. The molecule has 1 aliphatic rings. The van der Waals surface area contributed by atoms with Gasteiger partial charge < -0.3 is 9.88 Å². The molecule has 0 spiro atoms. The number of hydrogen-bond donors (Lipinski definition) is 1. The zero-order valence-electron chi connectivity index (χ0n) is 15.3. The van der Waals surface area contributed by atoms with Crippen LogP contribution in [0, 0.1) is 0 Å². The Kier molecular flexibility index (Phi) is 10.0. The Hall–Kier alpha value is -1.77. The van der Waals surface area contributed by atoms with E-state index in [0.29, 0.717) is 0 Å². The van der Waals surface area contributed by atoms with Crippen LogP contribution in [0.4, 0.5) is 5.69 Å². The van der Waals surface area contributed by atoms with E-state index < -0.39 is 0 Å². The van der Waals surface area contributed by atoms with Gasteiger partial charge in [0.2, 0.25) is 0 Å². The second kappa shape index (κ2) is 10.9. The van der Waals surface area contributed by atoms with Crippen LogP contribution in [0.25, 0.3) is 10.9 Å². The first-order valence-electron chi connectivity index (χ1n) is 8.62. The van der Waals surface area contributed by atoms with Crippen LogP contribution in [0.3, 0.4) is 0 Å². The number of aromatic nitrogens is 1. The summed E-state index contributed by atoms with van der Waals surface area (Å²) in [5, 5.41) is 1.15. The number of aromatic amines is 1. The number of H-pyrrole nitrogens is 1. The van der Waals surface area contributed by atoms with Crippen molar-refractivity contribution in [1.82, 2.24) is 4.98 Å². The molecule has 0 amide bonds. The molecule has 0 aliphatic carbocycles. The molecule has 2 heterocycles. The van der Waals surface area contributed by atoms with Gasteiger partial charge in [-0.1, -0.05) is 59.7 Å². The van der Waals surface area contributed by atoms with Crippen molar-refractivity contribution in [3.05, 3.63) is 40.2 Å². The SMILES string of the molecule is CC.CC.CC.CN1CCCc2c1c1ccccc1[nH]c2=O. The lowest BCUT2D eigenvalue weighted by Gasteiger charge is -2.28. The van der Waals surface area contributed by atoms with Crippen molar-refractivity contribution in [1.29, 1.82) is 0 Å². The number of rotatable bonds is 0. The van der Waals surface area contributed by atoms with Crippen molar-refractivity contribution in [2.45, 2.75) is 54.4 Å². The fourth-order valence-corrected chi connectivity index (χ4v) is 2.54. The minimum Gasteiger partial charge on any atom is -0.374 e. The van der Waals surface area contributed by atoms with Gasteiger partial charge in [0.15, 0.2) is 0 Å². The Morgan fingerprint density at radius 1 is 1.00 bits per heavy atom. The van der Waals surface area contributed by atoms with Crippen LogP contribution in [0.5, 0.6) is 0 Å². The summed E-state index contributed by atoms with van der Waals surface area (Å²) >= 11 is 0. The van der Waals surface area contributed by atoms with E-state index in [1.807, 2.05) is 59.7 Å². The van der Waals surface area contributed by atoms with Crippen LogP contribution in [-0.4, -0.2) is 18.6 Å². The van der Waals surface area contributed by atoms with Crippen LogP contribution in [0.1, 0.15) is 53.5 Å². The monoisotopic (exact) mass is 304 g/mol. The van der Waals surface area contributed by atoms with E-state index in [1.165, 1.54) is 0 Å². The van der Waals surface area contributed by atoms with E-state index in [4.69, 9.17) is 0 Å². The smallest absolute Gasteiger partial charge is 0.253 e. The molecule has 0 saturated carbocycles. The zero-order chi connectivity index (χ0) is 17.1. The molecule has 1 N–H and O–H groups in total. The van der Waals surface area contributed by atoms with E-state index in [-0.39, 0.29) is 5.56 Å². The average molecular weight is 304 g/mol. The fourth-order valence-electron chi connectivity index (χ4n) is 2.54. The molecule has 1 aromatic heterocycles. The summed E-state index contributed by atoms with van der Waals surface area (Å²) in [5.74, 6) is 0. The van der Waals surface area contributed by atoms with Gasteiger partial charge in [-0.15, -0.1) is 0 Å². The molecule has 2 aromatic rings. The van der Waals surface area contributed by atoms with Gasteiger partial charge in [0.05, 0.1) is 11.2 Å². The molecule has 3 nitrogen and oxygen atoms in total. The second-order valence-electron chi connectivity index (χ2n) is 4.35. The number of nitrogens with zero attached hydrogens (tertiary/aromatic N) is 1. The Balaban J connectivity index is 0.000000661. The third kappa shape index (κ3) is 4.36. The van der Waals surface area contributed by atoms with Gasteiger partial charge in [-0.25, -0.2) is 0 Å². The first-order chi connectivity index (χ1) is 10.8. The normalized spacial score (nSPS) is 11.9. The molecule has 0 radical (unpaired) electrons. The maximum Gasteiger partial charge on any atom is 0.253 e. The van der Waals surface area contributed by atoms with E-state index >= 15 is 0 Å². The Bertz CT molecular complexity index is 602. The van der Waals surface area contributed by atoms with Gasteiger partial charge >= 0.3 is 0 Å². The number of fused-ring (bicyclic) bond motifs is 3. The average Bonchev–Trinajstić information content (AvgIpc) is 2.61. The van der Waals surface area contributed by atoms with E-state index in [0.717, 1.165) is 41.5 Å². The fraction of sp³-hybridized carbons (Fsp3) is 0.526. The number of hydrogen-bond acceptors (Lipinski definition) is 2. The summed E-state index contributed by atoms with van der Waals surface area (Å²) in [7, 11) is 2.06. The topological polar surface area (TPSA) is 36.1 Å². The van der Waals surface area contributed by atoms with E-state index in [2.05, 4.69) is 23.0 Å². The summed E-state index contributed by atoms with van der Waals surface area (Å²) in [6, 6.07) is 8.00. The lowest BCUT2D eigenvalue weighted by atomic mass is 10.0. The molecule has 0 atom stereocenters. The molecule has 1 aromatic carbocycles. The minimum atomic E-state index is 0.0697. The molecular formula is C19H32N2O. The van der Waals surface area contributed by atoms with Gasteiger partial charge in [0.25, 0.3) is 5.56 Å². The Morgan fingerprint density at radius 3 is 2.23 bits per heavy atom. The number of benzene rings is 1. The molecule has 22 heavy (non-hydrogen) atoms. The summed E-state index contributed by atoms with van der Waals surface area (Å²) in [6.45, 7) is 13.0. The predicted octanol–water partition coefficient (Wildman–Crippen LogP) is 4.99. The summed E-state index contributed by atoms with van der Waals surface area (Å²) < 4.78 is 0. The third-order valence-electron chi connectivity index (χ3n) is 3.29. The Morgan fingerprint density at radius 2 is 1.59 bits per heavy atom. The highest BCUT2D eigenvalue weighted by molar-refractivity contribution is 5.93. The second-order valence-corrected chi connectivity index (χ2v) is 4.35. The standard InChI is InChI=1S/C13H14N2O.3C2H6/c1-15-8-4-6-10-12(15)9-5-2-3-7-11(9)14-13(10)16;3*1-2/h2-3,5,7H,4,6,8H2,1H3,(H,14,16);3*1-2H3. The van der Waals surface area contributed by atoms with E-state index in [9.17, 15) is 4.79 Å². The maximum atomic E-state index is 11.9. The largest absolute Gasteiger partial charge is 0.374 e. The molecule has 0 unspecified atom stereocenters. The van der Waals surface area contributed by atoms with Crippen molar-refractivity contribution in [2.24, 2.45) is 0 Å². The van der Waals surface area contributed by atoms with Crippen LogP contribution in [0.15, 0.2) is 29.1 Å². The van der Waals surface area contributed by atoms with Crippen molar-refractivity contribution in [2.75, 3.05) is 18.5 Å². The van der Waals surface area contributed by atoms with Gasteiger partial charge in [-0.3, -0.25) is 4.79 Å². The predicted molar refractivity (Wildman–Crippen MR) is 100 cm³/mol. The molecule has 0 bridgehead atoms. The van der Waals surface area contributed by atoms with E-state index in [1.54, 1.807) is 0 Å². The molecule has 3 heteroatoms. The first-order valence-corrected chi connectivity index (χ1v) is 8.62. The van der Waals surface area contributed by atoms with Gasteiger partial charge in [0.1, 0.15) is 0 Å². The quantitative estimate of drug-likeness (QED) is 0.744. The molecule has 124 valence electrons. The molecule has 3 rings (SSSR count). The van der Waals surface area contributed by atoms with Gasteiger partial charge in [-0.05, 0) is 18.9 Å². The van der Waals surface area contributed by atoms with Crippen molar-refractivity contribution < 1.29 is 0 Å². The molecule has 0 fully saturated rings. The number of para-hydroxylation sites is 1. The van der Waals surface area contributed by atoms with Crippen LogP contribution in [0.2, 0.25) is 0 Å². The maximum absolute atomic E-state index is 11.9. The molecule has 0 saturated heterocycles. The molecular weight excluding hydrogens is 272 g/mol. The minimum absolute atomic E-state index is 0.0697. The highest BCUT2D eigenvalue weighted by atomic mass is 16.1. The molecule has 1 aliphatic heterocycles. The number of nitrogens with one attached hydrogen (secondary N) is 1. The van der Waals surface area contributed by atoms with Crippen molar-refractivity contribution in [3.8, 4) is 0 Å². The van der Waals surface area contributed by atoms with Crippen molar-refractivity contribution in [3.63, 3.8) is 0 Å². The number of pyridine rings is 1. The zero-order valence-corrected chi connectivity index (χ0v) is 15.3. The highest BCUT2D eigenvalue weighted by Crippen LogP contribution is 2.30. The van der Waals surface area contributed by atoms with Crippen LogP contribution in [-0.2, 0) is 6.42 Å². The summed E-state index contributed by atoms with van der Waals surface area (Å²) in [4.78, 5) is 17.1. The third-order valence-corrected chi connectivity index (χ3v) is 3.29. The highest BCUT2D eigenvalue weighted by Gasteiger charge is 2.19. The van der Waals surface area contributed by atoms with Gasteiger partial charge in [-0.2, -0.15) is 0 Å².